The van der Waals surface area contributed by atoms with E-state index < -0.39 is 0 Å². The van der Waals surface area contributed by atoms with Gasteiger partial charge in [0.2, 0.25) is 0 Å². The summed E-state index contributed by atoms with van der Waals surface area (Å²) in [4.78, 5) is 12.8. The van der Waals surface area contributed by atoms with Gasteiger partial charge >= 0.3 is 0 Å². The number of rotatable bonds is 3. The van der Waals surface area contributed by atoms with Gasteiger partial charge in [-0.15, -0.1) is 0 Å². The van der Waals surface area contributed by atoms with Crippen LogP contribution in [0.3, 0.4) is 0 Å². The number of ether oxygens (including phenoxy) is 1. The first-order valence-electron chi connectivity index (χ1n) is 7.06. The van der Waals surface area contributed by atoms with Crippen LogP contribution < -0.4 is 4.74 Å². The highest BCUT2D eigenvalue weighted by molar-refractivity contribution is 6.33. The van der Waals surface area contributed by atoms with Crippen LogP contribution in [0.4, 0.5) is 0 Å². The number of para-hydroxylation sites is 1. The van der Waals surface area contributed by atoms with E-state index in [0.717, 1.165) is 11.3 Å². The molecule has 1 unspecified atom stereocenters. The van der Waals surface area contributed by atoms with Crippen molar-refractivity contribution in [1.29, 1.82) is 0 Å². The van der Waals surface area contributed by atoms with Crippen LogP contribution in [-0.2, 0) is 6.42 Å². The molecule has 0 aliphatic carbocycles. The predicted molar refractivity (Wildman–Crippen MR) is 81.1 cm³/mol. The van der Waals surface area contributed by atoms with Crippen molar-refractivity contribution in [2.45, 2.75) is 26.3 Å². The summed E-state index contributed by atoms with van der Waals surface area (Å²) in [5, 5.41) is 4.61. The van der Waals surface area contributed by atoms with Crippen molar-refractivity contribution in [1.82, 2.24) is 9.78 Å². The van der Waals surface area contributed by atoms with Crippen molar-refractivity contribution in [3.05, 3.63) is 46.7 Å². The zero-order chi connectivity index (χ0) is 15.0. The molecule has 110 valence electrons. The normalized spacial score (nSPS) is 17.4. The zero-order valence-corrected chi connectivity index (χ0v) is 12.8. The molecule has 0 bridgehead atoms. The first kappa shape index (κ1) is 14.1. The smallest absolute Gasteiger partial charge is 0.189 e. The average Bonchev–Trinajstić information content (AvgIpc) is 2.88. The second-order valence-corrected chi connectivity index (χ2v) is 5.97. The highest BCUT2D eigenvalue weighted by Crippen LogP contribution is 2.30. The van der Waals surface area contributed by atoms with E-state index >= 15 is 0 Å². The molecule has 4 nitrogen and oxygen atoms in total. The Morgan fingerprint density at radius 3 is 2.95 bits per heavy atom. The number of ketones is 1. The van der Waals surface area contributed by atoms with E-state index in [9.17, 15) is 4.79 Å². The molecule has 0 fully saturated rings. The fraction of sp³-hybridized carbons (Fsp3) is 0.375. The van der Waals surface area contributed by atoms with Gasteiger partial charge in [-0.1, -0.05) is 29.8 Å². The third-order valence-electron chi connectivity index (χ3n) is 3.72. The summed E-state index contributed by atoms with van der Waals surface area (Å²) in [5.74, 6) is 0.650. The molecule has 1 atom stereocenters. The van der Waals surface area contributed by atoms with Crippen LogP contribution in [0.5, 0.6) is 5.75 Å². The fourth-order valence-corrected chi connectivity index (χ4v) is 2.88. The standard InChI is InChI=1S/C16H17ClN2O2/c1-10(2)19-15(13(17)8-18-19)16(20)12-7-11-5-3-4-6-14(11)21-9-12/h3-6,8,10,12H,7,9H2,1-2H3. The molecule has 2 aromatic rings. The summed E-state index contributed by atoms with van der Waals surface area (Å²) in [6.45, 7) is 4.34. The number of Topliss-reactive ketones (excluding diaryl/α,β-unsaturated/α-hetero) is 1. The number of carbonyl (C=O) groups excluding carboxylic acids is 1. The van der Waals surface area contributed by atoms with E-state index in [0.29, 0.717) is 23.7 Å². The van der Waals surface area contributed by atoms with Crippen molar-refractivity contribution >= 4 is 17.4 Å². The Hall–Kier alpha value is -1.81. The van der Waals surface area contributed by atoms with Crippen LogP contribution in [0.25, 0.3) is 0 Å². The molecule has 21 heavy (non-hydrogen) atoms. The van der Waals surface area contributed by atoms with E-state index in [-0.39, 0.29) is 17.7 Å². The van der Waals surface area contributed by atoms with Gasteiger partial charge in [0.15, 0.2) is 5.78 Å². The van der Waals surface area contributed by atoms with Crippen LogP contribution in [-0.4, -0.2) is 22.2 Å². The van der Waals surface area contributed by atoms with Crippen LogP contribution in [0, 0.1) is 5.92 Å². The van der Waals surface area contributed by atoms with Crippen molar-refractivity contribution in [3.8, 4) is 5.75 Å². The minimum absolute atomic E-state index is 0.000651. The van der Waals surface area contributed by atoms with Crippen LogP contribution in [0.1, 0.15) is 35.9 Å². The molecule has 0 N–H and O–H groups in total. The number of halogens is 1. The van der Waals surface area contributed by atoms with Gasteiger partial charge in [0.25, 0.3) is 0 Å². The molecule has 1 aliphatic rings. The maximum absolute atomic E-state index is 12.8. The van der Waals surface area contributed by atoms with E-state index in [1.165, 1.54) is 6.20 Å². The minimum atomic E-state index is -0.216. The topological polar surface area (TPSA) is 44.1 Å². The van der Waals surface area contributed by atoms with Crippen LogP contribution in [0.2, 0.25) is 5.02 Å². The van der Waals surface area contributed by atoms with Crippen molar-refractivity contribution in [2.24, 2.45) is 5.92 Å². The summed E-state index contributed by atoms with van der Waals surface area (Å²) in [5.41, 5.74) is 1.55. The van der Waals surface area contributed by atoms with E-state index in [1.54, 1.807) is 4.68 Å². The molecule has 5 heteroatoms. The number of nitrogens with zero attached hydrogens (tertiary/aromatic N) is 2. The number of carbonyl (C=O) groups is 1. The number of fused-ring (bicyclic) bond motifs is 1. The van der Waals surface area contributed by atoms with E-state index in [2.05, 4.69) is 5.10 Å². The number of benzene rings is 1. The average molecular weight is 305 g/mol. The molecule has 1 aliphatic heterocycles. The Labute approximate surface area is 128 Å². The first-order valence-corrected chi connectivity index (χ1v) is 7.43. The molecule has 0 amide bonds. The van der Waals surface area contributed by atoms with Crippen molar-refractivity contribution in [2.75, 3.05) is 6.61 Å². The summed E-state index contributed by atoms with van der Waals surface area (Å²) in [6.07, 6.45) is 2.21. The minimum Gasteiger partial charge on any atom is -0.493 e. The molecular formula is C16H17ClN2O2. The van der Waals surface area contributed by atoms with Gasteiger partial charge in [0, 0.05) is 6.04 Å². The quantitative estimate of drug-likeness (QED) is 0.815. The lowest BCUT2D eigenvalue weighted by atomic mass is 9.91. The number of hydrogen-bond donors (Lipinski definition) is 0. The van der Waals surface area contributed by atoms with Crippen LogP contribution in [0.15, 0.2) is 30.5 Å². The predicted octanol–water partition coefficient (Wildman–Crippen LogP) is 3.55. The van der Waals surface area contributed by atoms with Gasteiger partial charge < -0.3 is 4.74 Å². The molecule has 1 aromatic heterocycles. The summed E-state index contributed by atoms with van der Waals surface area (Å²) in [6, 6.07) is 7.91. The van der Waals surface area contributed by atoms with Crippen LogP contribution >= 0.6 is 11.6 Å². The van der Waals surface area contributed by atoms with Gasteiger partial charge in [-0.05, 0) is 31.9 Å². The summed E-state index contributed by atoms with van der Waals surface area (Å²) in [7, 11) is 0. The Bertz CT molecular complexity index is 679. The molecule has 0 spiro atoms. The van der Waals surface area contributed by atoms with Crippen molar-refractivity contribution in [3.63, 3.8) is 0 Å². The largest absolute Gasteiger partial charge is 0.493 e. The number of hydrogen-bond acceptors (Lipinski definition) is 3. The molecule has 0 saturated heterocycles. The molecule has 2 heterocycles. The molecule has 0 radical (unpaired) electrons. The monoisotopic (exact) mass is 304 g/mol. The highest BCUT2D eigenvalue weighted by Gasteiger charge is 2.30. The molecular weight excluding hydrogens is 288 g/mol. The third-order valence-corrected chi connectivity index (χ3v) is 4.00. The lowest BCUT2D eigenvalue weighted by Gasteiger charge is -2.24. The lowest BCUT2D eigenvalue weighted by Crippen LogP contribution is -2.30. The Balaban J connectivity index is 1.89. The van der Waals surface area contributed by atoms with Gasteiger partial charge in [0.1, 0.15) is 11.4 Å². The Kier molecular flexibility index (Phi) is 3.72. The molecule has 1 aromatic carbocycles. The molecule has 3 rings (SSSR count). The van der Waals surface area contributed by atoms with Gasteiger partial charge in [-0.2, -0.15) is 5.10 Å². The lowest BCUT2D eigenvalue weighted by molar-refractivity contribution is 0.0842. The maximum atomic E-state index is 12.8. The number of aromatic nitrogens is 2. The van der Waals surface area contributed by atoms with E-state index in [1.807, 2.05) is 38.1 Å². The highest BCUT2D eigenvalue weighted by atomic mass is 35.5. The second-order valence-electron chi connectivity index (χ2n) is 5.56. The van der Waals surface area contributed by atoms with Gasteiger partial charge in [0.05, 0.1) is 23.7 Å². The van der Waals surface area contributed by atoms with Gasteiger partial charge in [-0.25, -0.2) is 0 Å². The summed E-state index contributed by atoms with van der Waals surface area (Å²) >= 11 is 6.16. The Morgan fingerprint density at radius 2 is 2.19 bits per heavy atom. The molecule has 0 saturated carbocycles. The van der Waals surface area contributed by atoms with Crippen molar-refractivity contribution < 1.29 is 9.53 Å². The first-order chi connectivity index (χ1) is 10.1. The third kappa shape index (κ3) is 2.56. The maximum Gasteiger partial charge on any atom is 0.189 e. The van der Waals surface area contributed by atoms with E-state index in [4.69, 9.17) is 16.3 Å². The zero-order valence-electron chi connectivity index (χ0n) is 12.0. The summed E-state index contributed by atoms with van der Waals surface area (Å²) < 4.78 is 7.39. The SMILES string of the molecule is CC(C)n1ncc(Cl)c1C(=O)C1COc2ccccc2C1. The fourth-order valence-electron chi connectivity index (χ4n) is 2.65. The Morgan fingerprint density at radius 1 is 1.43 bits per heavy atom. The second kappa shape index (κ2) is 5.53. The van der Waals surface area contributed by atoms with Gasteiger partial charge in [-0.3, -0.25) is 9.48 Å².